The van der Waals surface area contributed by atoms with Gasteiger partial charge in [0.1, 0.15) is 0 Å². The number of hydrogen-bond donors (Lipinski definition) is 0. The van der Waals surface area contributed by atoms with Crippen LogP contribution in [0.5, 0.6) is 0 Å². The zero-order valence-corrected chi connectivity index (χ0v) is 21.6. The van der Waals surface area contributed by atoms with E-state index in [-0.39, 0.29) is 18.4 Å². The molecular weight excluding hydrogens is 505 g/mol. The van der Waals surface area contributed by atoms with E-state index in [1.807, 2.05) is 36.4 Å². The Morgan fingerprint density at radius 2 is 1.76 bits per heavy atom. The molecule has 0 bridgehead atoms. The summed E-state index contributed by atoms with van der Waals surface area (Å²) in [5, 5.41) is 0.325. The number of benzene rings is 2. The van der Waals surface area contributed by atoms with Crippen molar-refractivity contribution in [2.75, 3.05) is 26.7 Å². The lowest BCUT2D eigenvalue weighted by molar-refractivity contribution is -0.188. The summed E-state index contributed by atoms with van der Waals surface area (Å²) in [6.07, 6.45) is -1.52. The second-order valence-electron chi connectivity index (χ2n) is 10.1. The van der Waals surface area contributed by atoms with Crippen molar-refractivity contribution in [3.63, 3.8) is 0 Å². The summed E-state index contributed by atoms with van der Waals surface area (Å²) in [5.41, 5.74) is 2.38. The van der Waals surface area contributed by atoms with Gasteiger partial charge in [0.05, 0.1) is 17.7 Å². The first-order valence-corrected chi connectivity index (χ1v) is 13.0. The largest absolute Gasteiger partial charge is 0.471 e. The number of likely N-dealkylation sites (tertiary alicyclic amines) is 1. The third kappa shape index (κ3) is 6.85. The predicted molar refractivity (Wildman–Crippen MR) is 135 cm³/mol. The average Bonchev–Trinajstić information content (AvgIpc) is 3.37. The molecule has 5 nitrogen and oxygen atoms in total. The van der Waals surface area contributed by atoms with Crippen LogP contribution in [0.4, 0.5) is 13.2 Å². The summed E-state index contributed by atoms with van der Waals surface area (Å²) in [7, 11) is 1.30. The van der Waals surface area contributed by atoms with E-state index in [1.165, 1.54) is 7.11 Å². The molecule has 2 aromatic rings. The van der Waals surface area contributed by atoms with Crippen molar-refractivity contribution in [2.45, 2.75) is 56.8 Å². The van der Waals surface area contributed by atoms with Crippen LogP contribution in [0.15, 0.2) is 48.5 Å². The van der Waals surface area contributed by atoms with E-state index < -0.39 is 24.1 Å². The Bertz CT molecular complexity index is 1090. The fraction of sp³-hybridized carbons (Fsp3) is 0.500. The minimum absolute atomic E-state index is 0.0172. The zero-order chi connectivity index (χ0) is 26.6. The number of alkyl halides is 3. The summed E-state index contributed by atoms with van der Waals surface area (Å²) in [6, 6.07) is 14.6. The second kappa shape index (κ2) is 11.9. The Morgan fingerprint density at radius 1 is 1.05 bits per heavy atom. The molecule has 1 amide bonds. The molecule has 4 rings (SSSR count). The van der Waals surface area contributed by atoms with Gasteiger partial charge >= 0.3 is 18.1 Å². The van der Waals surface area contributed by atoms with Crippen LogP contribution >= 0.6 is 11.6 Å². The Morgan fingerprint density at radius 3 is 2.38 bits per heavy atom. The van der Waals surface area contributed by atoms with E-state index in [0.717, 1.165) is 22.4 Å². The molecule has 1 aliphatic carbocycles. The molecule has 0 N–H and O–H groups in total. The molecule has 2 fully saturated rings. The topological polar surface area (TPSA) is 49.9 Å². The summed E-state index contributed by atoms with van der Waals surface area (Å²) in [5.74, 6) is -2.01. The number of amides is 1. The summed E-state index contributed by atoms with van der Waals surface area (Å²) in [4.78, 5) is 27.5. The van der Waals surface area contributed by atoms with Crippen LogP contribution in [0.3, 0.4) is 0 Å². The fourth-order valence-corrected chi connectivity index (χ4v) is 5.91. The van der Waals surface area contributed by atoms with Crippen molar-refractivity contribution in [3.8, 4) is 0 Å². The highest BCUT2D eigenvalue weighted by atomic mass is 35.5. The van der Waals surface area contributed by atoms with Crippen LogP contribution < -0.4 is 0 Å². The van der Waals surface area contributed by atoms with Gasteiger partial charge in [0.2, 0.25) is 0 Å². The number of methoxy groups -OCH3 is 1. The van der Waals surface area contributed by atoms with Crippen molar-refractivity contribution in [1.29, 1.82) is 0 Å². The highest BCUT2D eigenvalue weighted by Crippen LogP contribution is 2.39. The van der Waals surface area contributed by atoms with Gasteiger partial charge in [-0.05, 0) is 80.3 Å². The number of carbonyl (C=O) groups is 2. The Hall–Kier alpha value is -2.58. The van der Waals surface area contributed by atoms with Gasteiger partial charge in [-0.2, -0.15) is 13.2 Å². The number of rotatable bonds is 7. The van der Waals surface area contributed by atoms with E-state index >= 15 is 0 Å². The molecule has 0 spiro atoms. The smallest absolute Gasteiger partial charge is 0.465 e. The number of carbonyl (C=O) groups excluding carboxylic acids is 2. The van der Waals surface area contributed by atoms with E-state index in [9.17, 15) is 22.8 Å². The third-order valence-electron chi connectivity index (χ3n) is 7.63. The Balaban J connectivity index is 1.35. The highest BCUT2D eigenvalue weighted by molar-refractivity contribution is 6.33. The first-order valence-electron chi connectivity index (χ1n) is 12.7. The van der Waals surface area contributed by atoms with Gasteiger partial charge in [-0.15, -0.1) is 0 Å². The first kappa shape index (κ1) is 27.5. The van der Waals surface area contributed by atoms with Crippen LogP contribution in [0.2, 0.25) is 5.02 Å². The zero-order valence-electron chi connectivity index (χ0n) is 20.8. The molecule has 2 aliphatic rings. The van der Waals surface area contributed by atoms with Crippen molar-refractivity contribution < 1.29 is 27.5 Å². The van der Waals surface area contributed by atoms with Gasteiger partial charge in [-0.1, -0.05) is 48.0 Å². The van der Waals surface area contributed by atoms with E-state index in [1.54, 1.807) is 12.1 Å². The molecule has 0 radical (unpaired) electrons. The maximum Gasteiger partial charge on any atom is 0.471 e. The average molecular weight is 537 g/mol. The first-order chi connectivity index (χ1) is 17.7. The summed E-state index contributed by atoms with van der Waals surface area (Å²) >= 11 is 6.23. The lowest BCUT2D eigenvalue weighted by atomic mass is 9.94. The van der Waals surface area contributed by atoms with Crippen LogP contribution in [0, 0.1) is 5.92 Å². The van der Waals surface area contributed by atoms with Crippen molar-refractivity contribution in [1.82, 2.24) is 9.80 Å². The summed E-state index contributed by atoms with van der Waals surface area (Å²) in [6.45, 7) is 2.19. The van der Waals surface area contributed by atoms with Gasteiger partial charge in [-0.25, -0.2) is 4.79 Å². The molecular formula is C28H32ClF3N2O3. The minimum atomic E-state index is -4.87. The number of halogens is 4. The standard InChI is InChI=1S/C28H32ClF3N2O3/c1-37-26(35)24-10-7-20(15-25(24)29)17-33-13-11-19(12-14-33)18-34(27(36)28(30,31)32)23-9-8-22(16-23)21-5-3-2-4-6-21/h2-7,10,15,19,22-23H,8-9,11-14,16-18H2,1H3/t22-,23?/m1/s1. The van der Waals surface area contributed by atoms with Gasteiger partial charge in [0.25, 0.3) is 0 Å². The predicted octanol–water partition coefficient (Wildman–Crippen LogP) is 6.07. The minimum Gasteiger partial charge on any atom is -0.465 e. The lowest BCUT2D eigenvalue weighted by Crippen LogP contribution is -2.49. The number of hydrogen-bond acceptors (Lipinski definition) is 4. The van der Waals surface area contributed by atoms with Crippen LogP contribution in [0.25, 0.3) is 0 Å². The Kier molecular flexibility index (Phi) is 8.80. The van der Waals surface area contributed by atoms with Crippen LogP contribution in [-0.4, -0.2) is 60.6 Å². The maximum atomic E-state index is 13.5. The third-order valence-corrected chi connectivity index (χ3v) is 7.94. The van der Waals surface area contributed by atoms with Crippen LogP contribution in [-0.2, 0) is 16.1 Å². The van der Waals surface area contributed by atoms with Crippen molar-refractivity contribution in [2.24, 2.45) is 5.92 Å². The molecule has 37 heavy (non-hydrogen) atoms. The molecule has 1 unspecified atom stereocenters. The lowest BCUT2D eigenvalue weighted by Gasteiger charge is -2.37. The molecule has 200 valence electrons. The van der Waals surface area contributed by atoms with Gasteiger partial charge in [0.15, 0.2) is 0 Å². The molecule has 1 saturated heterocycles. The normalized spacial score (nSPS) is 21.1. The number of ether oxygens (including phenoxy) is 1. The maximum absolute atomic E-state index is 13.5. The SMILES string of the molecule is COC(=O)c1ccc(CN2CCC(CN(C(=O)C(F)(F)F)C3CC[C@@H](c4ccccc4)C3)CC2)cc1Cl. The van der Waals surface area contributed by atoms with Gasteiger partial charge in [-0.3, -0.25) is 9.69 Å². The highest BCUT2D eigenvalue weighted by Gasteiger charge is 2.46. The molecule has 1 aliphatic heterocycles. The second-order valence-corrected chi connectivity index (χ2v) is 10.5. The Labute approximate surface area is 220 Å². The van der Waals surface area contributed by atoms with E-state index in [4.69, 9.17) is 16.3 Å². The van der Waals surface area contributed by atoms with Gasteiger partial charge in [0, 0.05) is 19.1 Å². The van der Waals surface area contributed by atoms with Gasteiger partial charge < -0.3 is 9.64 Å². The summed E-state index contributed by atoms with van der Waals surface area (Å²) < 4.78 is 45.3. The van der Waals surface area contributed by atoms with Crippen LogP contribution in [0.1, 0.15) is 59.5 Å². The molecule has 1 heterocycles. The molecule has 0 aromatic heterocycles. The molecule has 9 heteroatoms. The molecule has 2 aromatic carbocycles. The number of piperidine rings is 1. The number of esters is 1. The fourth-order valence-electron chi connectivity index (χ4n) is 5.63. The quantitative estimate of drug-likeness (QED) is 0.403. The van der Waals surface area contributed by atoms with Crippen molar-refractivity contribution in [3.05, 3.63) is 70.2 Å². The molecule has 2 atom stereocenters. The number of nitrogens with zero attached hydrogens (tertiary/aromatic N) is 2. The van der Waals surface area contributed by atoms with E-state index in [2.05, 4.69) is 4.90 Å². The molecule has 1 saturated carbocycles. The van der Waals surface area contributed by atoms with Crippen molar-refractivity contribution >= 4 is 23.5 Å². The van der Waals surface area contributed by atoms with E-state index in [0.29, 0.717) is 55.9 Å². The monoisotopic (exact) mass is 536 g/mol.